The Labute approximate surface area is 201 Å². The Morgan fingerprint density at radius 2 is 2.03 bits per heavy atom. The second kappa shape index (κ2) is 12.3. The fourth-order valence-electron chi connectivity index (χ4n) is 3.70. The minimum Gasteiger partial charge on any atom is -0.383 e. The number of fused-ring (bicyclic) bond motifs is 1. The van der Waals surface area contributed by atoms with Crippen molar-refractivity contribution in [2.24, 2.45) is 4.99 Å². The van der Waals surface area contributed by atoms with Crippen molar-refractivity contribution in [2.75, 3.05) is 27.4 Å². The monoisotopic (exact) mass is 546 g/mol. The van der Waals surface area contributed by atoms with Gasteiger partial charge in [0, 0.05) is 44.5 Å². The zero-order valence-corrected chi connectivity index (χ0v) is 21.5. The van der Waals surface area contributed by atoms with Gasteiger partial charge in [-0.05, 0) is 27.2 Å². The first-order chi connectivity index (χ1) is 14.5. The van der Waals surface area contributed by atoms with Gasteiger partial charge in [-0.1, -0.05) is 0 Å². The summed E-state index contributed by atoms with van der Waals surface area (Å²) in [6.07, 6.45) is 1.88. The number of guanidine groups is 1. The van der Waals surface area contributed by atoms with Gasteiger partial charge < -0.3 is 20.1 Å². The van der Waals surface area contributed by atoms with E-state index in [2.05, 4.69) is 39.7 Å². The van der Waals surface area contributed by atoms with Gasteiger partial charge >= 0.3 is 0 Å². The van der Waals surface area contributed by atoms with Crippen molar-refractivity contribution in [2.45, 2.75) is 65.9 Å². The number of rotatable bonds is 9. The molecule has 0 saturated heterocycles. The lowest BCUT2D eigenvalue weighted by atomic mass is 10.1. The summed E-state index contributed by atoms with van der Waals surface area (Å²) in [4.78, 5) is 9.37. The highest BCUT2D eigenvalue weighted by Gasteiger charge is 2.22. The molecule has 3 rings (SSSR count). The van der Waals surface area contributed by atoms with E-state index in [9.17, 15) is 0 Å². The molecule has 10 nitrogen and oxygen atoms in total. The van der Waals surface area contributed by atoms with E-state index < -0.39 is 0 Å². The predicted octanol–water partition coefficient (Wildman–Crippen LogP) is 1.57. The molecule has 0 amide bonds. The van der Waals surface area contributed by atoms with Gasteiger partial charge in [0.15, 0.2) is 11.8 Å². The third-order valence-electron chi connectivity index (χ3n) is 5.29. The zero-order valence-electron chi connectivity index (χ0n) is 19.1. The average Bonchev–Trinajstić information content (AvgIpc) is 3.24. The van der Waals surface area contributed by atoms with Gasteiger partial charge in [-0.15, -0.1) is 24.0 Å². The molecule has 1 aliphatic heterocycles. The number of aryl methyl sites for hydroxylation is 2. The smallest absolute Gasteiger partial charge is 0.191 e. The Kier molecular flexibility index (Phi) is 10.2. The molecule has 0 fully saturated rings. The summed E-state index contributed by atoms with van der Waals surface area (Å²) in [5.41, 5.74) is 3.31. The van der Waals surface area contributed by atoms with Gasteiger partial charge in [0.2, 0.25) is 0 Å². The maximum Gasteiger partial charge on any atom is 0.191 e. The van der Waals surface area contributed by atoms with Crippen molar-refractivity contribution >= 4 is 29.9 Å². The van der Waals surface area contributed by atoms with E-state index in [1.54, 1.807) is 14.2 Å². The summed E-state index contributed by atoms with van der Waals surface area (Å²) in [5, 5.41) is 16.1. The molecular weight excluding hydrogens is 511 g/mol. The highest BCUT2D eigenvalue weighted by Crippen LogP contribution is 2.15. The molecule has 1 atom stereocenters. The van der Waals surface area contributed by atoms with Crippen molar-refractivity contribution < 1.29 is 9.47 Å². The molecule has 11 heteroatoms. The number of aromatic nitrogens is 5. The van der Waals surface area contributed by atoms with Crippen LogP contribution in [0.3, 0.4) is 0 Å². The molecule has 174 valence electrons. The van der Waals surface area contributed by atoms with E-state index in [4.69, 9.17) is 14.5 Å². The summed E-state index contributed by atoms with van der Waals surface area (Å²) in [6, 6.07) is 0.249. The molecule has 0 aliphatic carbocycles. The van der Waals surface area contributed by atoms with Crippen LogP contribution in [0, 0.1) is 13.8 Å². The van der Waals surface area contributed by atoms with Gasteiger partial charge in [-0.3, -0.25) is 4.68 Å². The van der Waals surface area contributed by atoms with Crippen molar-refractivity contribution in [1.82, 2.24) is 35.2 Å². The molecule has 2 aromatic heterocycles. The SMILES string of the molecule is CCNC(=NCc1c(C)nn(CCOC)c1C)NC1CCc2nc(COC)nn2C1.I. The summed E-state index contributed by atoms with van der Waals surface area (Å²) < 4.78 is 14.3. The molecule has 1 unspecified atom stereocenters. The van der Waals surface area contributed by atoms with Crippen molar-refractivity contribution in [1.29, 1.82) is 0 Å². The number of hydrogen-bond donors (Lipinski definition) is 2. The Morgan fingerprint density at radius 1 is 1.23 bits per heavy atom. The maximum absolute atomic E-state index is 5.18. The minimum atomic E-state index is 0. The van der Waals surface area contributed by atoms with E-state index in [0.717, 1.165) is 67.0 Å². The van der Waals surface area contributed by atoms with Gasteiger partial charge in [0.25, 0.3) is 0 Å². The third kappa shape index (κ3) is 6.62. The highest BCUT2D eigenvalue weighted by atomic mass is 127. The zero-order chi connectivity index (χ0) is 21.5. The summed E-state index contributed by atoms with van der Waals surface area (Å²) >= 11 is 0. The minimum absolute atomic E-state index is 0. The predicted molar refractivity (Wildman–Crippen MR) is 130 cm³/mol. The largest absolute Gasteiger partial charge is 0.383 e. The Hall–Kier alpha value is -1.73. The maximum atomic E-state index is 5.18. The molecule has 31 heavy (non-hydrogen) atoms. The first-order valence-electron chi connectivity index (χ1n) is 10.5. The highest BCUT2D eigenvalue weighted by molar-refractivity contribution is 14.0. The summed E-state index contributed by atoms with van der Waals surface area (Å²) in [6.45, 7) is 10.2. The van der Waals surface area contributed by atoms with Crippen molar-refractivity contribution in [3.8, 4) is 0 Å². The van der Waals surface area contributed by atoms with Crippen LogP contribution in [0.15, 0.2) is 4.99 Å². The molecule has 0 aromatic carbocycles. The fourth-order valence-corrected chi connectivity index (χ4v) is 3.70. The van der Waals surface area contributed by atoms with Crippen LogP contribution in [0.4, 0.5) is 0 Å². The molecule has 0 radical (unpaired) electrons. The van der Waals surface area contributed by atoms with Gasteiger partial charge in [0.05, 0.1) is 31.9 Å². The number of nitrogens with one attached hydrogen (secondary N) is 2. The number of hydrogen-bond acceptors (Lipinski definition) is 6. The van der Waals surface area contributed by atoms with Crippen LogP contribution < -0.4 is 10.6 Å². The molecule has 2 N–H and O–H groups in total. The number of methoxy groups -OCH3 is 2. The molecule has 2 aromatic rings. The van der Waals surface area contributed by atoms with Crippen molar-refractivity contribution in [3.05, 3.63) is 28.6 Å². The fraction of sp³-hybridized carbons (Fsp3) is 0.700. The Morgan fingerprint density at radius 3 is 2.74 bits per heavy atom. The first kappa shape index (κ1) is 25.5. The van der Waals surface area contributed by atoms with E-state index in [-0.39, 0.29) is 30.0 Å². The van der Waals surface area contributed by atoms with E-state index in [1.165, 1.54) is 0 Å². The third-order valence-corrected chi connectivity index (χ3v) is 5.29. The Balaban J connectivity index is 0.00000341. The molecule has 0 bridgehead atoms. The number of ether oxygens (including phenoxy) is 2. The topological polar surface area (TPSA) is 103 Å². The number of halogens is 1. The van der Waals surface area contributed by atoms with Crippen LogP contribution in [-0.2, 0) is 42.1 Å². The van der Waals surface area contributed by atoms with Crippen LogP contribution in [0.25, 0.3) is 0 Å². The number of aliphatic imine (C=N–C) groups is 1. The second-order valence-electron chi connectivity index (χ2n) is 7.50. The Bertz CT molecular complexity index is 864. The van der Waals surface area contributed by atoms with Gasteiger partial charge in [-0.25, -0.2) is 14.7 Å². The molecule has 1 aliphatic rings. The van der Waals surface area contributed by atoms with Crippen molar-refractivity contribution in [3.63, 3.8) is 0 Å². The molecule has 0 saturated carbocycles. The second-order valence-corrected chi connectivity index (χ2v) is 7.50. The van der Waals surface area contributed by atoms with E-state index >= 15 is 0 Å². The van der Waals surface area contributed by atoms with Gasteiger partial charge in [-0.2, -0.15) is 10.2 Å². The lowest BCUT2D eigenvalue weighted by molar-refractivity contribution is 0.177. The first-order valence-corrected chi connectivity index (χ1v) is 10.5. The number of nitrogens with zero attached hydrogens (tertiary/aromatic N) is 6. The van der Waals surface area contributed by atoms with Crippen LogP contribution in [0.5, 0.6) is 0 Å². The van der Waals surface area contributed by atoms with Crippen LogP contribution >= 0.6 is 24.0 Å². The lowest BCUT2D eigenvalue weighted by Gasteiger charge is -2.25. The quantitative estimate of drug-likeness (QED) is 0.280. The van der Waals surface area contributed by atoms with Crippen LogP contribution in [0.1, 0.15) is 41.9 Å². The van der Waals surface area contributed by atoms with E-state index in [1.807, 2.05) is 16.3 Å². The summed E-state index contributed by atoms with van der Waals surface area (Å²) in [7, 11) is 3.37. The average molecular weight is 546 g/mol. The van der Waals surface area contributed by atoms with E-state index in [0.29, 0.717) is 19.8 Å². The van der Waals surface area contributed by atoms with Crippen LogP contribution in [-0.4, -0.2) is 63.9 Å². The molecule has 3 heterocycles. The lowest BCUT2D eigenvalue weighted by Crippen LogP contribution is -2.47. The summed E-state index contributed by atoms with van der Waals surface area (Å²) in [5.74, 6) is 2.58. The normalized spacial score (nSPS) is 16.0. The standard InChI is InChI=1S/C20H34N8O2.HI/c1-6-21-20(22-11-17-14(2)25-27(15(17)3)9-10-29-4)23-16-7-8-19-24-18(13-30-5)26-28(19)12-16;/h16H,6-13H2,1-5H3,(H2,21,22,23);1H. The molecular formula is C20H35IN8O2. The molecule has 0 spiro atoms. The van der Waals surface area contributed by atoms with Crippen LogP contribution in [0.2, 0.25) is 0 Å². The van der Waals surface area contributed by atoms with Gasteiger partial charge in [0.1, 0.15) is 12.4 Å².